The summed E-state index contributed by atoms with van der Waals surface area (Å²) in [6.45, 7) is 2.43. The zero-order valence-corrected chi connectivity index (χ0v) is 9.58. The maximum Gasteiger partial charge on any atom is 0.254 e. The van der Waals surface area contributed by atoms with Crippen LogP contribution in [0.2, 0.25) is 5.15 Å². The van der Waals surface area contributed by atoms with E-state index in [2.05, 4.69) is 10.3 Å². The van der Waals surface area contributed by atoms with E-state index in [4.69, 9.17) is 11.6 Å². The van der Waals surface area contributed by atoms with E-state index in [1.165, 1.54) is 0 Å². The van der Waals surface area contributed by atoms with E-state index in [1.54, 1.807) is 6.07 Å². The Labute approximate surface area is 98.4 Å². The molecule has 2 aromatic rings. The molecule has 0 unspecified atom stereocenters. The van der Waals surface area contributed by atoms with Crippen molar-refractivity contribution in [2.75, 3.05) is 6.54 Å². The Morgan fingerprint density at radius 3 is 2.94 bits per heavy atom. The first kappa shape index (κ1) is 10.9. The Morgan fingerprint density at radius 2 is 2.19 bits per heavy atom. The number of para-hydroxylation sites is 1. The number of amides is 1. The summed E-state index contributed by atoms with van der Waals surface area (Å²) in [5.74, 6) is -0.189. The second kappa shape index (κ2) is 4.49. The number of pyridine rings is 1. The molecular formula is C12H11ClN2O. The minimum absolute atomic E-state index is 0.189. The molecule has 0 radical (unpaired) electrons. The Kier molecular flexibility index (Phi) is 3.06. The zero-order valence-electron chi connectivity index (χ0n) is 8.83. The van der Waals surface area contributed by atoms with Crippen molar-refractivity contribution in [3.63, 3.8) is 0 Å². The van der Waals surface area contributed by atoms with Crippen LogP contribution in [0.25, 0.3) is 10.9 Å². The first-order chi connectivity index (χ1) is 7.72. The Bertz CT molecular complexity index is 540. The molecule has 3 nitrogen and oxygen atoms in total. The van der Waals surface area contributed by atoms with Crippen LogP contribution in [0.3, 0.4) is 0 Å². The van der Waals surface area contributed by atoms with Gasteiger partial charge in [-0.1, -0.05) is 29.8 Å². The number of rotatable bonds is 2. The summed E-state index contributed by atoms with van der Waals surface area (Å²) < 4.78 is 0. The molecule has 0 aliphatic heterocycles. The Hall–Kier alpha value is -1.61. The highest BCUT2D eigenvalue weighted by Gasteiger charge is 2.11. The normalized spacial score (nSPS) is 10.4. The molecule has 4 heteroatoms. The van der Waals surface area contributed by atoms with Gasteiger partial charge < -0.3 is 5.32 Å². The van der Waals surface area contributed by atoms with Crippen LogP contribution < -0.4 is 5.32 Å². The molecule has 0 fully saturated rings. The van der Waals surface area contributed by atoms with Gasteiger partial charge in [0.15, 0.2) is 0 Å². The number of benzene rings is 1. The van der Waals surface area contributed by atoms with Crippen molar-refractivity contribution in [2.45, 2.75) is 6.92 Å². The van der Waals surface area contributed by atoms with E-state index in [0.717, 1.165) is 10.9 Å². The largest absolute Gasteiger partial charge is 0.352 e. The first-order valence-corrected chi connectivity index (χ1v) is 5.43. The summed E-state index contributed by atoms with van der Waals surface area (Å²) in [6.07, 6.45) is 0. The first-order valence-electron chi connectivity index (χ1n) is 5.06. The minimum Gasteiger partial charge on any atom is -0.352 e. The fourth-order valence-corrected chi connectivity index (χ4v) is 1.74. The maximum atomic E-state index is 11.7. The predicted octanol–water partition coefficient (Wildman–Crippen LogP) is 2.64. The number of aromatic nitrogens is 1. The van der Waals surface area contributed by atoms with Gasteiger partial charge >= 0.3 is 0 Å². The number of hydrogen-bond donors (Lipinski definition) is 1. The van der Waals surface area contributed by atoms with Gasteiger partial charge in [0.25, 0.3) is 5.91 Å². The molecule has 0 bridgehead atoms. The molecule has 2 rings (SSSR count). The number of hydrogen-bond acceptors (Lipinski definition) is 2. The molecule has 1 aromatic heterocycles. The highest BCUT2D eigenvalue weighted by Crippen LogP contribution is 2.20. The van der Waals surface area contributed by atoms with Crippen molar-refractivity contribution < 1.29 is 4.79 Å². The third-order valence-corrected chi connectivity index (χ3v) is 2.55. The summed E-state index contributed by atoms with van der Waals surface area (Å²) >= 11 is 5.96. The molecule has 0 saturated heterocycles. The fraction of sp³-hybridized carbons (Fsp3) is 0.167. The third kappa shape index (κ3) is 1.99. The number of nitrogens with one attached hydrogen (secondary N) is 1. The third-order valence-electron chi connectivity index (χ3n) is 2.26. The van der Waals surface area contributed by atoms with Crippen LogP contribution in [0.4, 0.5) is 0 Å². The lowest BCUT2D eigenvalue weighted by Gasteiger charge is -2.05. The molecule has 1 aromatic carbocycles. The van der Waals surface area contributed by atoms with Crippen molar-refractivity contribution in [2.24, 2.45) is 0 Å². The van der Waals surface area contributed by atoms with Gasteiger partial charge in [0.1, 0.15) is 5.15 Å². The molecule has 0 aliphatic rings. The van der Waals surface area contributed by atoms with Crippen LogP contribution in [0.15, 0.2) is 30.3 Å². The summed E-state index contributed by atoms with van der Waals surface area (Å²) in [5.41, 5.74) is 1.21. The van der Waals surface area contributed by atoms with Crippen LogP contribution in [0, 0.1) is 0 Å². The Morgan fingerprint density at radius 1 is 1.44 bits per heavy atom. The van der Waals surface area contributed by atoms with Gasteiger partial charge in [0.05, 0.1) is 11.1 Å². The topological polar surface area (TPSA) is 42.0 Å². The molecule has 16 heavy (non-hydrogen) atoms. The zero-order chi connectivity index (χ0) is 11.5. The molecular weight excluding hydrogens is 224 g/mol. The molecule has 0 spiro atoms. The molecule has 0 saturated carbocycles. The highest BCUT2D eigenvalue weighted by molar-refractivity contribution is 6.33. The van der Waals surface area contributed by atoms with E-state index in [-0.39, 0.29) is 11.1 Å². The number of fused-ring (bicyclic) bond motifs is 1. The summed E-state index contributed by atoms with van der Waals surface area (Å²) in [5, 5.41) is 3.85. The monoisotopic (exact) mass is 234 g/mol. The van der Waals surface area contributed by atoms with Gasteiger partial charge in [-0.2, -0.15) is 0 Å². The summed E-state index contributed by atoms with van der Waals surface area (Å²) in [6, 6.07) is 9.32. The Balaban J connectivity index is 2.54. The molecule has 82 valence electrons. The van der Waals surface area contributed by atoms with Gasteiger partial charge in [-0.3, -0.25) is 4.79 Å². The molecule has 0 atom stereocenters. The molecule has 1 N–H and O–H groups in total. The standard InChI is InChI=1S/C12H11ClN2O/c1-2-14-12(16)9-7-8-5-3-4-6-10(8)15-11(9)13/h3-7H,2H2,1H3,(H,14,16). The average Bonchev–Trinajstić information content (AvgIpc) is 2.28. The summed E-state index contributed by atoms with van der Waals surface area (Å²) in [4.78, 5) is 15.9. The maximum absolute atomic E-state index is 11.7. The van der Waals surface area contributed by atoms with Gasteiger partial charge in [-0.05, 0) is 19.1 Å². The SMILES string of the molecule is CCNC(=O)c1cc2ccccc2nc1Cl. The number of carbonyl (C=O) groups excluding carboxylic acids is 1. The lowest BCUT2D eigenvalue weighted by molar-refractivity contribution is 0.0956. The lowest BCUT2D eigenvalue weighted by Crippen LogP contribution is -2.23. The number of halogens is 1. The van der Waals surface area contributed by atoms with Gasteiger partial charge in [0.2, 0.25) is 0 Å². The number of carbonyl (C=O) groups is 1. The quantitative estimate of drug-likeness (QED) is 0.812. The minimum atomic E-state index is -0.189. The summed E-state index contributed by atoms with van der Waals surface area (Å²) in [7, 11) is 0. The smallest absolute Gasteiger partial charge is 0.254 e. The molecule has 1 heterocycles. The fourth-order valence-electron chi connectivity index (χ4n) is 1.51. The van der Waals surface area contributed by atoms with E-state index in [1.807, 2.05) is 31.2 Å². The second-order valence-electron chi connectivity index (χ2n) is 3.38. The average molecular weight is 235 g/mol. The van der Waals surface area contributed by atoms with Crippen molar-refractivity contribution in [3.05, 3.63) is 41.0 Å². The molecule has 0 aliphatic carbocycles. The van der Waals surface area contributed by atoms with E-state index < -0.39 is 0 Å². The van der Waals surface area contributed by atoms with Crippen molar-refractivity contribution in [1.82, 2.24) is 10.3 Å². The van der Waals surface area contributed by atoms with Crippen LogP contribution in [0.1, 0.15) is 17.3 Å². The van der Waals surface area contributed by atoms with Crippen molar-refractivity contribution in [3.8, 4) is 0 Å². The van der Waals surface area contributed by atoms with Crippen LogP contribution in [-0.2, 0) is 0 Å². The van der Waals surface area contributed by atoms with Gasteiger partial charge in [0, 0.05) is 11.9 Å². The van der Waals surface area contributed by atoms with Gasteiger partial charge in [-0.15, -0.1) is 0 Å². The lowest BCUT2D eigenvalue weighted by atomic mass is 10.1. The predicted molar refractivity (Wildman–Crippen MR) is 64.8 cm³/mol. The van der Waals surface area contributed by atoms with E-state index in [9.17, 15) is 4.79 Å². The van der Waals surface area contributed by atoms with Crippen molar-refractivity contribution >= 4 is 28.4 Å². The van der Waals surface area contributed by atoms with Crippen LogP contribution >= 0.6 is 11.6 Å². The highest BCUT2D eigenvalue weighted by atomic mass is 35.5. The van der Waals surface area contributed by atoms with Crippen LogP contribution in [0.5, 0.6) is 0 Å². The van der Waals surface area contributed by atoms with Crippen LogP contribution in [-0.4, -0.2) is 17.4 Å². The van der Waals surface area contributed by atoms with Gasteiger partial charge in [-0.25, -0.2) is 4.98 Å². The second-order valence-corrected chi connectivity index (χ2v) is 3.74. The van der Waals surface area contributed by atoms with E-state index in [0.29, 0.717) is 12.1 Å². The number of nitrogens with zero attached hydrogens (tertiary/aromatic N) is 1. The van der Waals surface area contributed by atoms with E-state index >= 15 is 0 Å². The van der Waals surface area contributed by atoms with Crippen molar-refractivity contribution in [1.29, 1.82) is 0 Å². The molecule has 1 amide bonds.